The van der Waals surface area contributed by atoms with Crippen molar-refractivity contribution in [2.75, 3.05) is 34.2 Å². The lowest BCUT2D eigenvalue weighted by atomic mass is 9.96. The van der Waals surface area contributed by atoms with Crippen molar-refractivity contribution in [3.8, 4) is 23.0 Å². The second-order valence-corrected chi connectivity index (χ2v) is 6.13. The molecule has 6 heteroatoms. The van der Waals surface area contributed by atoms with Gasteiger partial charge in [-0.3, -0.25) is 4.79 Å². The van der Waals surface area contributed by atoms with E-state index in [0.717, 1.165) is 12.0 Å². The van der Waals surface area contributed by atoms with E-state index in [0.29, 0.717) is 46.2 Å². The van der Waals surface area contributed by atoms with E-state index in [1.54, 1.807) is 52.7 Å². The fraction of sp³-hybridized carbons (Fsp3) is 0.318. The van der Waals surface area contributed by atoms with Crippen LogP contribution in [-0.4, -0.2) is 34.2 Å². The Morgan fingerprint density at radius 3 is 2.11 bits per heavy atom. The molecule has 0 amide bonds. The van der Waals surface area contributed by atoms with Crippen LogP contribution in [0.1, 0.15) is 35.7 Å². The van der Waals surface area contributed by atoms with Gasteiger partial charge in [-0.15, -0.1) is 0 Å². The molecule has 2 aromatic carbocycles. The lowest BCUT2D eigenvalue weighted by Crippen LogP contribution is -2.05. The Balaban J connectivity index is 2.52. The minimum absolute atomic E-state index is 0.0898. The molecule has 0 saturated carbocycles. The second kappa shape index (κ2) is 9.69. The summed E-state index contributed by atoms with van der Waals surface area (Å²) in [4.78, 5) is 13.1. The minimum Gasteiger partial charge on any atom is -0.495 e. The quantitative estimate of drug-likeness (QED) is 0.392. The van der Waals surface area contributed by atoms with Crippen molar-refractivity contribution >= 4 is 17.5 Å². The average Bonchev–Trinajstić information content (AvgIpc) is 2.72. The first-order chi connectivity index (χ1) is 13.5. The molecule has 0 aliphatic carbocycles. The number of anilines is 1. The largest absolute Gasteiger partial charge is 0.495 e. The molecule has 150 valence electrons. The van der Waals surface area contributed by atoms with Crippen LogP contribution in [0.2, 0.25) is 0 Å². The topological polar surface area (TPSA) is 80.0 Å². The highest BCUT2D eigenvalue weighted by atomic mass is 16.5. The molecule has 2 N–H and O–H groups in total. The van der Waals surface area contributed by atoms with Gasteiger partial charge in [0.05, 0.1) is 34.1 Å². The molecule has 0 aliphatic heterocycles. The molecule has 0 heterocycles. The maximum absolute atomic E-state index is 13.1. The van der Waals surface area contributed by atoms with Gasteiger partial charge in [0.15, 0.2) is 17.3 Å². The van der Waals surface area contributed by atoms with Gasteiger partial charge in [0.2, 0.25) is 5.75 Å². The van der Waals surface area contributed by atoms with Gasteiger partial charge in [0.25, 0.3) is 0 Å². The molecular formula is C22H27NO5. The summed E-state index contributed by atoms with van der Waals surface area (Å²) in [6.45, 7) is 2.02. The molecule has 0 aromatic heterocycles. The van der Waals surface area contributed by atoms with Crippen molar-refractivity contribution < 1.29 is 23.7 Å². The van der Waals surface area contributed by atoms with E-state index < -0.39 is 0 Å². The molecule has 28 heavy (non-hydrogen) atoms. The Morgan fingerprint density at radius 2 is 1.57 bits per heavy atom. The van der Waals surface area contributed by atoms with Crippen LogP contribution in [-0.2, 0) is 0 Å². The summed E-state index contributed by atoms with van der Waals surface area (Å²) < 4.78 is 21.4. The smallest absolute Gasteiger partial charge is 0.203 e. The summed E-state index contributed by atoms with van der Waals surface area (Å²) in [5, 5.41) is 0. The van der Waals surface area contributed by atoms with Crippen molar-refractivity contribution in [1.29, 1.82) is 0 Å². The maximum atomic E-state index is 13.1. The summed E-state index contributed by atoms with van der Waals surface area (Å²) in [6.07, 6.45) is 3.26. The molecular weight excluding hydrogens is 358 g/mol. The number of ketones is 1. The van der Waals surface area contributed by atoms with Crippen LogP contribution >= 0.6 is 0 Å². The fourth-order valence-electron chi connectivity index (χ4n) is 3.01. The van der Waals surface area contributed by atoms with Gasteiger partial charge in [0.1, 0.15) is 5.75 Å². The van der Waals surface area contributed by atoms with E-state index in [9.17, 15) is 4.79 Å². The highest BCUT2D eigenvalue weighted by Gasteiger charge is 2.18. The van der Waals surface area contributed by atoms with E-state index in [1.165, 1.54) is 0 Å². The number of methoxy groups -OCH3 is 4. The van der Waals surface area contributed by atoms with E-state index in [1.807, 2.05) is 19.1 Å². The average molecular weight is 385 g/mol. The predicted octanol–water partition coefficient (Wildman–Crippen LogP) is 4.37. The summed E-state index contributed by atoms with van der Waals surface area (Å²) in [5.41, 5.74) is 8.29. The van der Waals surface area contributed by atoms with Gasteiger partial charge in [-0.25, -0.2) is 0 Å². The number of hydrogen-bond donors (Lipinski definition) is 1. The Bertz CT molecular complexity index is 873. The first-order valence-corrected chi connectivity index (χ1v) is 8.98. The normalized spacial score (nSPS) is 11.1. The highest BCUT2D eigenvalue weighted by molar-refractivity contribution is 6.12. The van der Waals surface area contributed by atoms with Crippen LogP contribution in [0.4, 0.5) is 5.69 Å². The fourth-order valence-corrected chi connectivity index (χ4v) is 3.01. The molecule has 0 fully saturated rings. The van der Waals surface area contributed by atoms with Crippen molar-refractivity contribution in [2.24, 2.45) is 0 Å². The Kier molecular flexibility index (Phi) is 7.32. The number of nitrogens with two attached hydrogens (primary N) is 1. The minimum atomic E-state index is -0.0898. The number of allylic oxidation sites excluding steroid dienone is 1. The van der Waals surface area contributed by atoms with Gasteiger partial charge < -0.3 is 24.7 Å². The Hall–Kier alpha value is -3.15. The molecule has 2 rings (SSSR count). The van der Waals surface area contributed by atoms with Crippen molar-refractivity contribution in [1.82, 2.24) is 0 Å². The summed E-state index contributed by atoms with van der Waals surface area (Å²) in [5.74, 6) is 2.00. The van der Waals surface area contributed by atoms with Crippen LogP contribution in [0.5, 0.6) is 23.0 Å². The molecule has 0 bridgehead atoms. The van der Waals surface area contributed by atoms with Crippen molar-refractivity contribution in [2.45, 2.75) is 19.8 Å². The molecule has 0 radical (unpaired) electrons. The number of nitrogen functional groups attached to an aromatic ring is 1. The Morgan fingerprint density at radius 1 is 0.929 bits per heavy atom. The second-order valence-electron chi connectivity index (χ2n) is 6.13. The van der Waals surface area contributed by atoms with Crippen LogP contribution in [0.25, 0.3) is 6.08 Å². The SMILES string of the molecule is CCCC(=Cc1ccc(OC)c(OC)c1OC)C(=O)c1ccc(OC)c(N)c1. The molecule has 0 unspecified atom stereocenters. The monoisotopic (exact) mass is 385 g/mol. The lowest BCUT2D eigenvalue weighted by Gasteiger charge is -2.15. The van der Waals surface area contributed by atoms with Crippen molar-refractivity contribution in [3.63, 3.8) is 0 Å². The highest BCUT2D eigenvalue weighted by Crippen LogP contribution is 2.41. The van der Waals surface area contributed by atoms with Crippen LogP contribution in [0, 0.1) is 0 Å². The van der Waals surface area contributed by atoms with Crippen molar-refractivity contribution in [3.05, 3.63) is 47.0 Å². The number of rotatable bonds is 9. The number of carbonyl (C=O) groups is 1. The van der Waals surface area contributed by atoms with Crippen LogP contribution in [0.3, 0.4) is 0 Å². The number of benzene rings is 2. The van der Waals surface area contributed by atoms with Gasteiger partial charge in [-0.2, -0.15) is 0 Å². The van der Waals surface area contributed by atoms with E-state index in [-0.39, 0.29) is 5.78 Å². The molecule has 0 aliphatic rings. The van der Waals surface area contributed by atoms with E-state index in [2.05, 4.69) is 0 Å². The van der Waals surface area contributed by atoms with E-state index in [4.69, 9.17) is 24.7 Å². The number of ether oxygens (including phenoxy) is 4. The first kappa shape index (κ1) is 21.2. The van der Waals surface area contributed by atoms with Gasteiger partial charge >= 0.3 is 0 Å². The zero-order valence-electron chi connectivity index (χ0n) is 17.0. The summed E-state index contributed by atoms with van der Waals surface area (Å²) in [6, 6.07) is 8.67. The number of Topliss-reactive ketones (excluding diaryl/α,β-unsaturated/α-hetero) is 1. The van der Waals surface area contributed by atoms with Gasteiger partial charge in [-0.05, 0) is 42.8 Å². The summed E-state index contributed by atoms with van der Waals surface area (Å²) in [7, 11) is 6.21. The van der Waals surface area contributed by atoms with Crippen LogP contribution < -0.4 is 24.7 Å². The molecule has 6 nitrogen and oxygen atoms in total. The van der Waals surface area contributed by atoms with Gasteiger partial charge in [0, 0.05) is 16.7 Å². The van der Waals surface area contributed by atoms with Crippen LogP contribution in [0.15, 0.2) is 35.9 Å². The van der Waals surface area contributed by atoms with E-state index >= 15 is 0 Å². The number of hydrogen-bond acceptors (Lipinski definition) is 6. The summed E-state index contributed by atoms with van der Waals surface area (Å²) >= 11 is 0. The molecule has 0 saturated heterocycles. The molecule has 0 spiro atoms. The third-order valence-corrected chi connectivity index (χ3v) is 4.37. The third kappa shape index (κ3) is 4.39. The van der Waals surface area contributed by atoms with Gasteiger partial charge in [-0.1, -0.05) is 13.3 Å². The maximum Gasteiger partial charge on any atom is 0.203 e. The third-order valence-electron chi connectivity index (χ3n) is 4.37. The zero-order chi connectivity index (χ0) is 20.7. The number of carbonyl (C=O) groups excluding carboxylic acids is 1. The lowest BCUT2D eigenvalue weighted by molar-refractivity contribution is 0.103. The zero-order valence-corrected chi connectivity index (χ0v) is 17.0. The first-order valence-electron chi connectivity index (χ1n) is 8.98. The standard InChI is InChI=1S/C22H27NO5/c1-6-7-14(20(24)15-8-10-18(25-2)17(23)13-15)12-16-9-11-19(26-3)22(28-5)21(16)27-4/h8-13H,6-7,23H2,1-5H3. The molecule has 2 aromatic rings. The Labute approximate surface area is 165 Å². The molecule has 0 atom stereocenters. The predicted molar refractivity (Wildman–Crippen MR) is 111 cm³/mol.